The first kappa shape index (κ1) is 23.4. The molecule has 0 aliphatic carbocycles. The number of amides is 1. The van der Waals surface area contributed by atoms with Crippen molar-refractivity contribution >= 4 is 39.0 Å². The van der Waals surface area contributed by atoms with E-state index in [2.05, 4.69) is 10.4 Å². The summed E-state index contributed by atoms with van der Waals surface area (Å²) in [5, 5.41) is 7.11. The maximum absolute atomic E-state index is 13.2. The van der Waals surface area contributed by atoms with Crippen LogP contribution >= 0.6 is 11.6 Å². The average molecular weight is 479 g/mol. The number of benzene rings is 2. The van der Waals surface area contributed by atoms with Gasteiger partial charge in [-0.15, -0.1) is 0 Å². The molecule has 1 amide bonds. The minimum absolute atomic E-state index is 0.0571. The lowest BCUT2D eigenvalue weighted by molar-refractivity contribution is 0.102. The van der Waals surface area contributed by atoms with Gasteiger partial charge >= 0.3 is 0 Å². The van der Waals surface area contributed by atoms with Crippen LogP contribution in [0.25, 0.3) is 0 Å². The van der Waals surface area contributed by atoms with Crippen molar-refractivity contribution in [2.45, 2.75) is 11.8 Å². The predicted octanol–water partition coefficient (Wildman–Crippen LogP) is 3.48. The first-order valence-electron chi connectivity index (χ1n) is 9.40. The maximum Gasteiger partial charge on any atom is 0.265 e. The van der Waals surface area contributed by atoms with Crippen molar-refractivity contribution < 1.29 is 22.7 Å². The summed E-state index contributed by atoms with van der Waals surface area (Å²) >= 11 is 6.12. The van der Waals surface area contributed by atoms with E-state index < -0.39 is 15.9 Å². The summed E-state index contributed by atoms with van der Waals surface area (Å²) in [4.78, 5) is 13.2. The lowest BCUT2D eigenvalue weighted by Gasteiger charge is -2.21. The van der Waals surface area contributed by atoms with Gasteiger partial charge in [0.05, 0.1) is 36.0 Å². The molecule has 0 bridgehead atoms. The number of ether oxygens (including phenoxy) is 2. The molecule has 3 rings (SSSR count). The number of methoxy groups -OCH3 is 2. The van der Waals surface area contributed by atoms with Crippen LogP contribution in [-0.2, 0) is 17.1 Å². The summed E-state index contributed by atoms with van der Waals surface area (Å²) < 4.78 is 39.1. The fourth-order valence-electron chi connectivity index (χ4n) is 3.09. The quantitative estimate of drug-likeness (QED) is 0.557. The predicted molar refractivity (Wildman–Crippen MR) is 122 cm³/mol. The highest BCUT2D eigenvalue weighted by atomic mass is 35.5. The third-order valence-corrected chi connectivity index (χ3v) is 6.91. The van der Waals surface area contributed by atoms with E-state index in [1.165, 1.54) is 56.4 Å². The number of carbonyl (C=O) groups is 1. The number of halogens is 1. The third-order valence-electron chi connectivity index (χ3n) is 4.85. The summed E-state index contributed by atoms with van der Waals surface area (Å²) in [6.07, 6.45) is 1.30. The Labute approximate surface area is 191 Å². The molecule has 1 heterocycles. The molecule has 0 aliphatic heterocycles. The van der Waals surface area contributed by atoms with Crippen LogP contribution in [0.3, 0.4) is 0 Å². The Morgan fingerprint density at radius 3 is 2.34 bits per heavy atom. The van der Waals surface area contributed by atoms with E-state index in [0.717, 1.165) is 9.87 Å². The zero-order chi connectivity index (χ0) is 23.6. The average Bonchev–Trinajstić information content (AvgIpc) is 3.15. The number of hydrogen-bond acceptors (Lipinski definition) is 6. The molecule has 0 radical (unpaired) electrons. The number of anilines is 2. The lowest BCUT2D eigenvalue weighted by atomic mass is 10.2. The molecule has 0 saturated heterocycles. The van der Waals surface area contributed by atoms with Gasteiger partial charge < -0.3 is 14.8 Å². The van der Waals surface area contributed by atoms with Crippen molar-refractivity contribution in [1.82, 2.24) is 9.78 Å². The van der Waals surface area contributed by atoms with E-state index in [1.54, 1.807) is 19.2 Å². The SMILES string of the molecule is COc1cc(NC(=O)c2cnn(C)c2N(C)S(=O)(=O)c2ccc(C)cc2)c(OC)cc1Cl. The van der Waals surface area contributed by atoms with Gasteiger partial charge in [-0.25, -0.2) is 8.42 Å². The number of nitrogens with zero attached hydrogens (tertiary/aromatic N) is 3. The van der Waals surface area contributed by atoms with Gasteiger partial charge in [-0.05, 0) is 19.1 Å². The molecule has 0 aliphatic rings. The summed E-state index contributed by atoms with van der Waals surface area (Å²) in [6.45, 7) is 1.86. The number of nitrogens with one attached hydrogen (secondary N) is 1. The van der Waals surface area contributed by atoms with Crippen LogP contribution in [0.2, 0.25) is 5.02 Å². The van der Waals surface area contributed by atoms with E-state index in [1.807, 2.05) is 6.92 Å². The Morgan fingerprint density at radius 2 is 1.75 bits per heavy atom. The number of aromatic nitrogens is 2. The van der Waals surface area contributed by atoms with E-state index in [9.17, 15) is 13.2 Å². The maximum atomic E-state index is 13.2. The van der Waals surface area contributed by atoms with Crippen LogP contribution in [0.5, 0.6) is 11.5 Å². The van der Waals surface area contributed by atoms with Gasteiger partial charge in [-0.1, -0.05) is 29.3 Å². The zero-order valence-electron chi connectivity index (χ0n) is 18.2. The van der Waals surface area contributed by atoms with Crippen LogP contribution in [-0.4, -0.2) is 45.4 Å². The monoisotopic (exact) mass is 478 g/mol. The molecule has 0 unspecified atom stereocenters. The Bertz CT molecular complexity index is 1260. The Balaban J connectivity index is 1.98. The van der Waals surface area contributed by atoms with E-state index in [0.29, 0.717) is 22.2 Å². The Morgan fingerprint density at radius 1 is 1.12 bits per heavy atom. The first-order chi connectivity index (χ1) is 15.1. The molecule has 11 heteroatoms. The van der Waals surface area contributed by atoms with Crippen molar-refractivity contribution in [3.63, 3.8) is 0 Å². The molecular formula is C21H23ClN4O5S. The normalized spacial score (nSPS) is 11.2. The van der Waals surface area contributed by atoms with Crippen molar-refractivity contribution in [2.75, 3.05) is 30.9 Å². The van der Waals surface area contributed by atoms with E-state index in [4.69, 9.17) is 21.1 Å². The van der Waals surface area contributed by atoms with Crippen molar-refractivity contribution in [3.8, 4) is 11.5 Å². The van der Waals surface area contributed by atoms with E-state index in [-0.39, 0.29) is 16.3 Å². The van der Waals surface area contributed by atoms with Crippen molar-refractivity contribution in [1.29, 1.82) is 0 Å². The molecule has 1 aromatic heterocycles. The van der Waals surface area contributed by atoms with Crippen LogP contribution < -0.4 is 19.1 Å². The van der Waals surface area contributed by atoms with Gasteiger partial charge in [0.25, 0.3) is 15.9 Å². The molecule has 0 fully saturated rings. The fourth-order valence-corrected chi connectivity index (χ4v) is 4.57. The van der Waals surface area contributed by atoms with Gasteiger partial charge in [0.1, 0.15) is 17.1 Å². The number of sulfonamides is 1. The molecule has 2 aromatic carbocycles. The largest absolute Gasteiger partial charge is 0.495 e. The summed E-state index contributed by atoms with van der Waals surface area (Å²) in [7, 11) is 1.88. The van der Waals surface area contributed by atoms with Crippen LogP contribution in [0.4, 0.5) is 11.5 Å². The van der Waals surface area contributed by atoms with Crippen LogP contribution in [0.15, 0.2) is 47.5 Å². The zero-order valence-corrected chi connectivity index (χ0v) is 19.8. The molecular weight excluding hydrogens is 456 g/mol. The molecule has 0 saturated carbocycles. The van der Waals surface area contributed by atoms with Gasteiger partial charge in [0.15, 0.2) is 5.82 Å². The Kier molecular flexibility index (Phi) is 6.65. The highest BCUT2D eigenvalue weighted by molar-refractivity contribution is 7.92. The molecule has 170 valence electrons. The van der Waals surface area contributed by atoms with Gasteiger partial charge in [0.2, 0.25) is 0 Å². The topological polar surface area (TPSA) is 103 Å². The van der Waals surface area contributed by atoms with E-state index >= 15 is 0 Å². The second-order valence-electron chi connectivity index (χ2n) is 6.93. The van der Waals surface area contributed by atoms with Crippen molar-refractivity contribution in [3.05, 3.63) is 58.7 Å². The fraction of sp³-hybridized carbons (Fsp3) is 0.238. The van der Waals surface area contributed by atoms with Crippen LogP contribution in [0, 0.1) is 6.92 Å². The second kappa shape index (κ2) is 9.09. The summed E-state index contributed by atoms with van der Waals surface area (Å²) in [5.41, 5.74) is 1.29. The van der Waals surface area contributed by atoms with Crippen LogP contribution in [0.1, 0.15) is 15.9 Å². The first-order valence-corrected chi connectivity index (χ1v) is 11.2. The molecule has 0 spiro atoms. The lowest BCUT2D eigenvalue weighted by Crippen LogP contribution is -2.30. The number of rotatable bonds is 7. The standard InChI is InChI=1S/C21H23ClN4O5S/c1-13-6-8-14(9-7-13)32(28,29)26(3)21-15(12-23-25(21)2)20(27)24-17-11-18(30-4)16(22)10-19(17)31-5/h6-12H,1-5H3,(H,24,27). The molecule has 1 N–H and O–H groups in total. The highest BCUT2D eigenvalue weighted by Crippen LogP contribution is 2.36. The minimum Gasteiger partial charge on any atom is -0.495 e. The highest BCUT2D eigenvalue weighted by Gasteiger charge is 2.29. The van der Waals surface area contributed by atoms with Crippen molar-refractivity contribution in [2.24, 2.45) is 7.05 Å². The Hall–Kier alpha value is -3.24. The molecule has 3 aromatic rings. The van der Waals surface area contributed by atoms with Gasteiger partial charge in [-0.2, -0.15) is 5.10 Å². The molecule has 0 atom stereocenters. The smallest absolute Gasteiger partial charge is 0.265 e. The number of carbonyl (C=O) groups excluding carboxylic acids is 1. The third kappa shape index (κ3) is 4.37. The van der Waals surface area contributed by atoms with Gasteiger partial charge in [0, 0.05) is 26.2 Å². The summed E-state index contributed by atoms with van der Waals surface area (Å²) in [6, 6.07) is 9.47. The second-order valence-corrected chi connectivity index (χ2v) is 9.31. The summed E-state index contributed by atoms with van der Waals surface area (Å²) in [5.74, 6) is 0.174. The minimum atomic E-state index is -3.93. The molecule has 32 heavy (non-hydrogen) atoms. The molecule has 9 nitrogen and oxygen atoms in total. The van der Waals surface area contributed by atoms with Gasteiger partial charge in [-0.3, -0.25) is 13.8 Å². The number of hydrogen-bond donors (Lipinski definition) is 1. The number of aryl methyl sites for hydroxylation is 2.